The van der Waals surface area contributed by atoms with Crippen LogP contribution in [0.4, 0.5) is 4.79 Å². The molecule has 1 aliphatic carbocycles. The zero-order valence-corrected chi connectivity index (χ0v) is 32.6. The zero-order chi connectivity index (χ0) is 40.4. The average Bonchev–Trinajstić information content (AvgIpc) is 3.76. The summed E-state index contributed by atoms with van der Waals surface area (Å²) in [5.41, 5.74) is 14.7. The smallest absolute Gasteiger partial charge is 0.408 e. The number of H-pyrrole nitrogens is 1. The van der Waals surface area contributed by atoms with Crippen LogP contribution in [0.5, 0.6) is 0 Å². The number of aliphatic imine (C=N–C) groups is 1. The van der Waals surface area contributed by atoms with E-state index >= 15 is 0 Å². The number of hydrogen-bond acceptors (Lipinski definition) is 9. The second-order valence-corrected chi connectivity index (χ2v) is 15.2. The number of ether oxygens (including phenoxy) is 1. The van der Waals surface area contributed by atoms with Gasteiger partial charge in [-0.2, -0.15) is 4.98 Å². The Labute approximate surface area is 326 Å². The van der Waals surface area contributed by atoms with Crippen LogP contribution in [0.2, 0.25) is 0 Å². The van der Waals surface area contributed by atoms with Crippen LogP contribution >= 0.6 is 0 Å². The number of rotatable bonds is 16. The summed E-state index contributed by atoms with van der Waals surface area (Å²) in [5, 5.41) is 24.3. The highest BCUT2D eigenvalue weighted by atomic mass is 16.6. The van der Waals surface area contributed by atoms with E-state index in [-0.39, 0.29) is 42.9 Å². The topological polar surface area (TPSA) is 236 Å². The number of aromatic amines is 1. The number of amides is 3. The molecule has 1 aliphatic rings. The van der Waals surface area contributed by atoms with E-state index in [9.17, 15) is 19.5 Å². The predicted molar refractivity (Wildman–Crippen MR) is 213 cm³/mol. The van der Waals surface area contributed by atoms with E-state index in [1.807, 2.05) is 74.6 Å². The number of alkyl carbamates (subject to hydrolysis) is 1. The molecule has 0 fully saturated rings. The number of aromatic nitrogens is 3. The highest BCUT2D eigenvalue weighted by molar-refractivity contribution is 5.92. The Hall–Kier alpha value is -6.12. The number of para-hydroxylation sites is 1. The molecular formula is C41H53N9O6. The normalized spacial score (nSPS) is 16.0. The second-order valence-electron chi connectivity index (χ2n) is 15.2. The lowest BCUT2D eigenvalue weighted by molar-refractivity contribution is -0.130. The number of benzene rings is 2. The molecule has 15 heteroatoms. The minimum Gasteiger partial charge on any atom is -0.512 e. The van der Waals surface area contributed by atoms with Gasteiger partial charge in [0.25, 0.3) is 0 Å². The zero-order valence-electron chi connectivity index (χ0n) is 32.6. The van der Waals surface area contributed by atoms with Crippen LogP contribution < -0.4 is 27.4 Å². The van der Waals surface area contributed by atoms with Gasteiger partial charge < -0.3 is 46.8 Å². The molecule has 9 N–H and O–H groups in total. The van der Waals surface area contributed by atoms with Crippen LogP contribution in [0.15, 0.2) is 93.3 Å². The Morgan fingerprint density at radius 1 is 1.02 bits per heavy atom. The van der Waals surface area contributed by atoms with Crippen molar-refractivity contribution in [1.82, 2.24) is 31.1 Å². The Balaban J connectivity index is 1.46. The fourth-order valence-electron chi connectivity index (χ4n) is 6.77. The number of fused-ring (bicyclic) bond motifs is 1. The van der Waals surface area contributed by atoms with Crippen LogP contribution in [-0.4, -0.2) is 68.3 Å². The summed E-state index contributed by atoms with van der Waals surface area (Å²) >= 11 is 0. The molecule has 298 valence electrons. The summed E-state index contributed by atoms with van der Waals surface area (Å²) in [6.45, 7) is 9.19. The Bertz CT molecular complexity index is 2070. The van der Waals surface area contributed by atoms with E-state index in [0.29, 0.717) is 31.5 Å². The highest BCUT2D eigenvalue weighted by Crippen LogP contribution is 2.32. The maximum Gasteiger partial charge on any atom is 0.408 e. The minimum atomic E-state index is -1.11. The Kier molecular flexibility index (Phi) is 13.5. The molecule has 56 heavy (non-hydrogen) atoms. The molecule has 15 nitrogen and oxygen atoms in total. The third-order valence-electron chi connectivity index (χ3n) is 9.41. The lowest BCUT2D eigenvalue weighted by atomic mass is 9.84. The van der Waals surface area contributed by atoms with Gasteiger partial charge in [-0.25, -0.2) is 4.79 Å². The van der Waals surface area contributed by atoms with Gasteiger partial charge in [-0.15, -0.1) is 0 Å². The third-order valence-corrected chi connectivity index (χ3v) is 9.41. The van der Waals surface area contributed by atoms with Crippen molar-refractivity contribution in [1.29, 1.82) is 0 Å². The van der Waals surface area contributed by atoms with Crippen molar-refractivity contribution in [2.24, 2.45) is 22.4 Å². The summed E-state index contributed by atoms with van der Waals surface area (Å²) < 4.78 is 11.3. The summed E-state index contributed by atoms with van der Waals surface area (Å²) in [6, 6.07) is 14.6. The number of carbonyl (C=O) groups excluding carboxylic acids is 3. The Morgan fingerprint density at radius 3 is 2.45 bits per heavy atom. The van der Waals surface area contributed by atoms with Gasteiger partial charge in [-0.05, 0) is 81.7 Å². The van der Waals surface area contributed by atoms with E-state index in [0.717, 1.165) is 33.2 Å². The van der Waals surface area contributed by atoms with Crippen LogP contribution in [0, 0.1) is 5.92 Å². The van der Waals surface area contributed by atoms with E-state index < -0.39 is 41.6 Å². The number of aliphatic hydroxyl groups is 1. The first-order valence-electron chi connectivity index (χ1n) is 18.8. The highest BCUT2D eigenvalue weighted by Gasteiger charge is 2.33. The SMILES string of the molecule is CC1=C(C[C@H](NC(=O)[C@@H](CCCN=C(N)N)NC(=O)OC(C)(C)C)C(=O)N[C@@H](Cc2c[nH]c3ccccc23)c2nc(Cc3ccccc3)no2)C(C)CC(O)=C1. The van der Waals surface area contributed by atoms with Crippen molar-refractivity contribution in [3.05, 3.63) is 107 Å². The monoisotopic (exact) mass is 767 g/mol. The van der Waals surface area contributed by atoms with Crippen molar-refractivity contribution in [3.63, 3.8) is 0 Å². The summed E-state index contributed by atoms with van der Waals surface area (Å²) in [5.74, 6) is -0.407. The third kappa shape index (κ3) is 11.7. The molecule has 2 aromatic carbocycles. The molecule has 0 aliphatic heterocycles. The van der Waals surface area contributed by atoms with Crippen LogP contribution in [0.1, 0.15) is 89.2 Å². The number of aliphatic hydroxyl groups excluding tert-OH is 1. The molecule has 0 bridgehead atoms. The van der Waals surface area contributed by atoms with Gasteiger partial charge in [-0.3, -0.25) is 14.6 Å². The molecular weight excluding hydrogens is 715 g/mol. The number of carbonyl (C=O) groups is 3. The average molecular weight is 768 g/mol. The molecule has 2 heterocycles. The number of nitrogens with zero attached hydrogens (tertiary/aromatic N) is 3. The lowest BCUT2D eigenvalue weighted by Gasteiger charge is -2.29. The van der Waals surface area contributed by atoms with Gasteiger partial charge in [0.1, 0.15) is 23.7 Å². The number of allylic oxidation sites excluding steroid dienone is 3. The van der Waals surface area contributed by atoms with Gasteiger partial charge in [0, 0.05) is 42.9 Å². The molecule has 0 saturated heterocycles. The fourth-order valence-corrected chi connectivity index (χ4v) is 6.77. The van der Waals surface area contributed by atoms with E-state index in [4.69, 9.17) is 25.7 Å². The number of hydrogen-bond donors (Lipinski definition) is 7. The van der Waals surface area contributed by atoms with Crippen LogP contribution in [-0.2, 0) is 27.2 Å². The Morgan fingerprint density at radius 2 is 1.73 bits per heavy atom. The molecule has 0 spiro atoms. The minimum absolute atomic E-state index is 0.0937. The second kappa shape index (κ2) is 18.5. The molecule has 5 rings (SSSR count). The van der Waals surface area contributed by atoms with Crippen molar-refractivity contribution < 1.29 is 28.8 Å². The molecule has 4 aromatic rings. The van der Waals surface area contributed by atoms with Gasteiger partial charge in [-0.1, -0.05) is 66.2 Å². The van der Waals surface area contributed by atoms with E-state index in [1.54, 1.807) is 26.8 Å². The quantitative estimate of drug-likeness (QED) is 0.0449. The van der Waals surface area contributed by atoms with Crippen molar-refractivity contribution >= 4 is 34.8 Å². The fraction of sp³-hybridized carbons (Fsp3) is 0.415. The summed E-state index contributed by atoms with van der Waals surface area (Å²) in [4.78, 5) is 53.6. The van der Waals surface area contributed by atoms with Crippen molar-refractivity contribution in [2.75, 3.05) is 6.54 Å². The van der Waals surface area contributed by atoms with Gasteiger partial charge >= 0.3 is 6.09 Å². The summed E-state index contributed by atoms with van der Waals surface area (Å²) in [6.07, 6.45) is 4.52. The predicted octanol–water partition coefficient (Wildman–Crippen LogP) is 5.16. The van der Waals surface area contributed by atoms with Gasteiger partial charge in [0.05, 0.1) is 5.76 Å². The number of nitrogens with one attached hydrogen (secondary N) is 4. The maximum atomic E-state index is 14.6. The number of guanidine groups is 1. The maximum absolute atomic E-state index is 14.6. The van der Waals surface area contributed by atoms with Crippen LogP contribution in [0.25, 0.3) is 10.9 Å². The molecule has 0 saturated carbocycles. The first-order chi connectivity index (χ1) is 26.6. The lowest BCUT2D eigenvalue weighted by Crippen LogP contribution is -2.55. The largest absolute Gasteiger partial charge is 0.512 e. The molecule has 3 amide bonds. The first-order valence-corrected chi connectivity index (χ1v) is 18.8. The molecule has 0 radical (unpaired) electrons. The molecule has 1 unspecified atom stereocenters. The first kappa shape index (κ1) is 41.1. The molecule has 4 atom stereocenters. The van der Waals surface area contributed by atoms with Crippen molar-refractivity contribution in [2.45, 2.75) is 96.9 Å². The van der Waals surface area contributed by atoms with E-state index in [1.165, 1.54) is 0 Å². The van der Waals surface area contributed by atoms with Crippen LogP contribution in [0.3, 0.4) is 0 Å². The van der Waals surface area contributed by atoms with Gasteiger partial charge in [0.2, 0.25) is 17.7 Å². The molecule has 2 aromatic heterocycles. The summed E-state index contributed by atoms with van der Waals surface area (Å²) in [7, 11) is 0. The van der Waals surface area contributed by atoms with Crippen molar-refractivity contribution in [3.8, 4) is 0 Å². The number of nitrogens with two attached hydrogens (primary N) is 2. The van der Waals surface area contributed by atoms with E-state index in [2.05, 4.69) is 31.1 Å². The standard InChI is InChI=1S/C41H53N9O6/c1-24-18-28(51)19-25(2)30(24)22-33(46-36(52)32(16-11-17-44-39(42)43)48-40(54)55-41(3,4)5)37(53)47-34(21-27-23-45-31-15-10-9-14-29(27)31)38-49-35(50-56-38)20-26-12-7-6-8-13-26/h6-10,12-15,18,23,25,32-34,45,51H,11,16-17,19-22H2,1-5H3,(H,46,52)(H,47,53)(H,48,54)(H4,42,43,44)/t25?,32-,33+,34+/m1/s1. The van der Waals surface area contributed by atoms with Gasteiger partial charge in [0.15, 0.2) is 11.8 Å².